The molecule has 0 saturated heterocycles. The number of hydrogen-bond acceptors (Lipinski definition) is 2. The topological polar surface area (TPSA) is 29.1 Å². The minimum Gasteiger partial charge on any atom is -0.305 e. The van der Waals surface area contributed by atoms with E-state index < -0.39 is 0 Å². The van der Waals surface area contributed by atoms with Gasteiger partial charge in [0.1, 0.15) is 0 Å². The Bertz CT molecular complexity index is 351. The first-order valence-electron chi connectivity index (χ1n) is 5.38. The van der Waals surface area contributed by atoms with Crippen molar-refractivity contribution in [3.63, 3.8) is 0 Å². The number of rotatable bonds is 4. The van der Waals surface area contributed by atoms with Gasteiger partial charge in [-0.3, -0.25) is 4.79 Å². The molecule has 16 heavy (non-hydrogen) atoms. The van der Waals surface area contributed by atoms with E-state index >= 15 is 0 Å². The van der Waals surface area contributed by atoms with Crippen molar-refractivity contribution in [3.05, 3.63) is 33.4 Å². The van der Waals surface area contributed by atoms with Crippen LogP contribution in [0.5, 0.6) is 0 Å². The normalized spacial score (nSPS) is 11.5. The Morgan fingerprint density at radius 3 is 2.31 bits per heavy atom. The van der Waals surface area contributed by atoms with Crippen LogP contribution in [0.3, 0.4) is 0 Å². The number of hydrogen-bond donors (Lipinski definition) is 1. The number of halogens is 1. The van der Waals surface area contributed by atoms with Gasteiger partial charge in [-0.1, -0.05) is 12.1 Å². The summed E-state index contributed by atoms with van der Waals surface area (Å²) in [5.41, 5.74) is 1.09. The zero-order chi connectivity index (χ0) is 12.2. The van der Waals surface area contributed by atoms with Crippen molar-refractivity contribution in [1.82, 2.24) is 5.32 Å². The van der Waals surface area contributed by atoms with Gasteiger partial charge >= 0.3 is 0 Å². The highest BCUT2D eigenvalue weighted by atomic mass is 127. The number of ketones is 1. The first kappa shape index (κ1) is 13.6. The third-order valence-corrected chi connectivity index (χ3v) is 2.85. The summed E-state index contributed by atoms with van der Waals surface area (Å²) in [6.45, 7) is 6.62. The van der Waals surface area contributed by atoms with Gasteiger partial charge in [-0.05, 0) is 61.1 Å². The summed E-state index contributed by atoms with van der Waals surface area (Å²) in [5.74, 6) is 0.233. The lowest BCUT2D eigenvalue weighted by Gasteiger charge is -2.19. The average molecular weight is 331 g/mol. The zero-order valence-corrected chi connectivity index (χ0v) is 12.2. The van der Waals surface area contributed by atoms with E-state index in [0.717, 1.165) is 5.56 Å². The van der Waals surface area contributed by atoms with E-state index in [0.29, 0.717) is 13.0 Å². The number of carbonyl (C=O) groups excluding carboxylic acids is 1. The molecule has 0 bridgehead atoms. The lowest BCUT2D eigenvalue weighted by molar-refractivity contribution is -0.117. The van der Waals surface area contributed by atoms with Gasteiger partial charge < -0.3 is 5.32 Å². The van der Waals surface area contributed by atoms with Gasteiger partial charge in [0.15, 0.2) is 5.78 Å². The van der Waals surface area contributed by atoms with E-state index in [9.17, 15) is 4.79 Å². The summed E-state index contributed by atoms with van der Waals surface area (Å²) in [6, 6.07) is 8.08. The summed E-state index contributed by atoms with van der Waals surface area (Å²) in [4.78, 5) is 11.7. The van der Waals surface area contributed by atoms with Crippen LogP contribution in [0.25, 0.3) is 0 Å². The fraction of sp³-hybridized carbons (Fsp3) is 0.462. The van der Waals surface area contributed by atoms with Gasteiger partial charge in [0.2, 0.25) is 0 Å². The molecular formula is C13H18INO. The van der Waals surface area contributed by atoms with Crippen LogP contribution < -0.4 is 5.32 Å². The summed E-state index contributed by atoms with van der Waals surface area (Å²) < 4.78 is 1.20. The predicted molar refractivity (Wildman–Crippen MR) is 75.6 cm³/mol. The molecule has 1 rings (SSSR count). The van der Waals surface area contributed by atoms with Crippen LogP contribution in [0.1, 0.15) is 26.3 Å². The molecule has 1 N–H and O–H groups in total. The molecule has 0 unspecified atom stereocenters. The molecule has 0 aliphatic rings. The summed E-state index contributed by atoms with van der Waals surface area (Å²) in [7, 11) is 0. The van der Waals surface area contributed by atoms with Crippen molar-refractivity contribution >= 4 is 28.4 Å². The molecule has 1 aromatic carbocycles. The van der Waals surface area contributed by atoms with Crippen molar-refractivity contribution in [3.8, 4) is 0 Å². The Morgan fingerprint density at radius 1 is 1.25 bits per heavy atom. The monoisotopic (exact) mass is 331 g/mol. The third kappa shape index (κ3) is 5.61. The predicted octanol–water partition coefficient (Wildman–Crippen LogP) is 2.79. The van der Waals surface area contributed by atoms with Crippen LogP contribution in [0, 0.1) is 3.57 Å². The van der Waals surface area contributed by atoms with E-state index in [1.54, 1.807) is 0 Å². The van der Waals surface area contributed by atoms with E-state index in [1.807, 2.05) is 24.3 Å². The third-order valence-electron chi connectivity index (χ3n) is 2.13. The molecule has 1 aromatic rings. The molecule has 2 nitrogen and oxygen atoms in total. The molecule has 0 aromatic heterocycles. The second-order valence-electron chi connectivity index (χ2n) is 4.95. The maximum absolute atomic E-state index is 11.7. The molecule has 0 spiro atoms. The molecule has 88 valence electrons. The van der Waals surface area contributed by atoms with Crippen molar-refractivity contribution in [2.75, 3.05) is 6.54 Å². The highest BCUT2D eigenvalue weighted by Crippen LogP contribution is 2.07. The minimum absolute atomic E-state index is 0.00171. The van der Waals surface area contributed by atoms with Crippen molar-refractivity contribution in [1.29, 1.82) is 0 Å². The van der Waals surface area contributed by atoms with Gasteiger partial charge in [-0.15, -0.1) is 0 Å². The summed E-state index contributed by atoms with van der Waals surface area (Å²) >= 11 is 2.26. The van der Waals surface area contributed by atoms with Crippen molar-refractivity contribution < 1.29 is 4.79 Å². The maximum atomic E-state index is 11.7. The van der Waals surface area contributed by atoms with Gasteiger partial charge in [-0.25, -0.2) is 0 Å². The molecule has 0 fully saturated rings. The Balaban J connectivity index is 2.43. The molecule has 0 aliphatic heterocycles. The smallest absolute Gasteiger partial charge is 0.150 e. The molecule has 0 radical (unpaired) electrons. The van der Waals surface area contributed by atoms with Crippen LogP contribution in [0.15, 0.2) is 24.3 Å². The van der Waals surface area contributed by atoms with E-state index in [-0.39, 0.29) is 11.3 Å². The van der Waals surface area contributed by atoms with E-state index in [4.69, 9.17) is 0 Å². The Kier molecular flexibility index (Phi) is 4.92. The molecular weight excluding hydrogens is 313 g/mol. The van der Waals surface area contributed by atoms with Crippen molar-refractivity contribution in [2.45, 2.75) is 32.7 Å². The van der Waals surface area contributed by atoms with Gasteiger partial charge in [0.25, 0.3) is 0 Å². The fourth-order valence-corrected chi connectivity index (χ4v) is 1.62. The molecule has 0 saturated carbocycles. The van der Waals surface area contributed by atoms with Gasteiger partial charge in [0, 0.05) is 15.5 Å². The highest BCUT2D eigenvalue weighted by Gasteiger charge is 2.11. The number of nitrogens with one attached hydrogen (secondary N) is 1. The van der Waals surface area contributed by atoms with Crippen molar-refractivity contribution in [2.24, 2.45) is 0 Å². The van der Waals surface area contributed by atoms with E-state index in [1.165, 1.54) is 3.57 Å². The number of carbonyl (C=O) groups is 1. The Morgan fingerprint density at radius 2 is 1.81 bits per heavy atom. The number of Topliss-reactive ketones (excluding diaryl/α,β-unsaturated/α-hetero) is 1. The summed E-state index contributed by atoms with van der Waals surface area (Å²) in [5, 5.41) is 3.20. The molecule has 0 atom stereocenters. The molecule has 3 heteroatoms. The van der Waals surface area contributed by atoms with Gasteiger partial charge in [0.05, 0.1) is 6.54 Å². The quantitative estimate of drug-likeness (QED) is 0.860. The van der Waals surface area contributed by atoms with Crippen LogP contribution in [0.2, 0.25) is 0 Å². The Labute approximate surface area is 111 Å². The van der Waals surface area contributed by atoms with Crippen LogP contribution in [-0.4, -0.2) is 17.9 Å². The van der Waals surface area contributed by atoms with Gasteiger partial charge in [-0.2, -0.15) is 0 Å². The first-order valence-corrected chi connectivity index (χ1v) is 6.46. The molecule has 0 heterocycles. The lowest BCUT2D eigenvalue weighted by Crippen LogP contribution is -2.39. The fourth-order valence-electron chi connectivity index (χ4n) is 1.26. The maximum Gasteiger partial charge on any atom is 0.150 e. The van der Waals surface area contributed by atoms with Crippen LogP contribution in [0.4, 0.5) is 0 Å². The van der Waals surface area contributed by atoms with E-state index in [2.05, 4.69) is 48.7 Å². The SMILES string of the molecule is CC(C)(C)NCC(=O)Cc1ccc(I)cc1. The second kappa shape index (κ2) is 5.77. The Hall–Kier alpha value is -0.420. The largest absolute Gasteiger partial charge is 0.305 e. The summed E-state index contributed by atoms with van der Waals surface area (Å²) in [6.07, 6.45) is 0.514. The van der Waals surface area contributed by atoms with Crippen LogP contribution >= 0.6 is 22.6 Å². The number of benzene rings is 1. The van der Waals surface area contributed by atoms with Crippen LogP contribution in [-0.2, 0) is 11.2 Å². The first-order chi connectivity index (χ1) is 7.37. The standard InChI is InChI=1S/C13H18INO/c1-13(2,3)15-9-12(16)8-10-4-6-11(14)7-5-10/h4-7,15H,8-9H2,1-3H3. The zero-order valence-electron chi connectivity index (χ0n) is 10.0. The second-order valence-corrected chi connectivity index (χ2v) is 6.19. The average Bonchev–Trinajstić information content (AvgIpc) is 2.18. The molecule has 0 amide bonds. The minimum atomic E-state index is 0.00171. The lowest BCUT2D eigenvalue weighted by atomic mass is 10.1. The molecule has 0 aliphatic carbocycles. The highest BCUT2D eigenvalue weighted by molar-refractivity contribution is 14.1.